The quantitative estimate of drug-likeness (QED) is 0.474. The Balaban J connectivity index is 3.84. The Labute approximate surface area is 87.6 Å². The zero-order valence-corrected chi connectivity index (χ0v) is 10.6. The van der Waals surface area contributed by atoms with E-state index in [9.17, 15) is 9.79 Å². The molecule has 3 N–H and O–H groups in total. The van der Waals surface area contributed by atoms with Gasteiger partial charge in [0, 0.05) is 5.16 Å². The molecule has 0 aliphatic rings. The summed E-state index contributed by atoms with van der Waals surface area (Å²) in [7, 11) is -3.43. The van der Waals surface area contributed by atoms with Crippen molar-refractivity contribution in [3.8, 4) is 0 Å². The molecular weight excluding hydrogens is 197 g/mol. The molecule has 0 atom stereocenters. The molecule has 0 saturated heterocycles. The van der Waals surface area contributed by atoms with E-state index in [1.54, 1.807) is 13.8 Å². The molecule has 3 nitrogen and oxygen atoms in total. The Kier molecular flexibility index (Phi) is 5.35. The third-order valence-corrected chi connectivity index (χ3v) is 4.58. The van der Waals surface area contributed by atoms with Crippen LogP contribution in [0.1, 0.15) is 53.4 Å². The van der Waals surface area contributed by atoms with Crippen LogP contribution in [0.3, 0.4) is 0 Å². The van der Waals surface area contributed by atoms with E-state index < -0.39 is 12.7 Å². The first-order chi connectivity index (χ1) is 6.17. The molecule has 0 aliphatic carbocycles. The van der Waals surface area contributed by atoms with Crippen molar-refractivity contribution in [1.29, 1.82) is 5.16 Å². The second-order valence-electron chi connectivity index (χ2n) is 5.05. The predicted octanol–water partition coefficient (Wildman–Crippen LogP) is 3.58. The lowest BCUT2D eigenvalue weighted by Crippen LogP contribution is -2.19. The number of nitrogens with one attached hydrogen (secondary N) is 1. The molecular formula is C10H24NO2P. The summed E-state index contributed by atoms with van der Waals surface area (Å²) in [6, 6.07) is 0. The van der Waals surface area contributed by atoms with Gasteiger partial charge in [0.2, 0.25) is 7.51 Å². The standard InChI is InChI=1S/C10H24NO2P/c1-9(2)7-5-6-8-10(3,4)14(11,12)13/h9H,5-8H2,1-4H3,(H3,11,12,13). The minimum atomic E-state index is -3.43. The Morgan fingerprint density at radius 3 is 2.07 bits per heavy atom. The van der Waals surface area contributed by atoms with Gasteiger partial charge in [-0.15, -0.1) is 0 Å². The number of hydrogen-bond donors (Lipinski definition) is 3. The molecule has 0 bridgehead atoms. The molecule has 14 heavy (non-hydrogen) atoms. The Morgan fingerprint density at radius 2 is 1.71 bits per heavy atom. The highest BCUT2D eigenvalue weighted by Gasteiger charge is 2.32. The normalized spacial score (nSPS) is 13.6. The van der Waals surface area contributed by atoms with Gasteiger partial charge >= 0.3 is 0 Å². The first kappa shape index (κ1) is 14.2. The van der Waals surface area contributed by atoms with Gasteiger partial charge in [-0.05, 0) is 12.3 Å². The Bertz CT molecular complexity index is 208. The minimum absolute atomic E-state index is 0.635. The highest BCUT2D eigenvalue weighted by molar-refractivity contribution is 7.54. The molecule has 0 aromatic heterocycles. The monoisotopic (exact) mass is 221 g/mol. The van der Waals surface area contributed by atoms with Crippen molar-refractivity contribution < 1.29 is 9.79 Å². The lowest BCUT2D eigenvalue weighted by Gasteiger charge is -2.28. The average Bonchev–Trinajstić information content (AvgIpc) is 1.95. The van der Waals surface area contributed by atoms with E-state index >= 15 is 0 Å². The molecule has 0 rings (SSSR count). The van der Waals surface area contributed by atoms with E-state index in [4.69, 9.17) is 5.16 Å². The Hall–Kier alpha value is 0.150. The first-order valence-electron chi connectivity index (χ1n) is 5.26. The average molecular weight is 221 g/mol. The van der Waals surface area contributed by atoms with Crippen LogP contribution in [0.4, 0.5) is 0 Å². The lowest BCUT2D eigenvalue weighted by molar-refractivity contribution is 0.393. The predicted molar refractivity (Wildman–Crippen MR) is 61.5 cm³/mol. The Morgan fingerprint density at radius 1 is 1.21 bits per heavy atom. The summed E-state index contributed by atoms with van der Waals surface area (Å²) in [6.45, 7) is 7.91. The summed E-state index contributed by atoms with van der Waals surface area (Å²) in [6.07, 6.45) is 3.99. The molecule has 0 aromatic carbocycles. The number of hydrogen-bond acceptors (Lipinski definition) is 1. The van der Waals surface area contributed by atoms with Crippen LogP contribution in [0.25, 0.3) is 0 Å². The van der Waals surface area contributed by atoms with E-state index in [0.29, 0.717) is 5.92 Å². The van der Waals surface area contributed by atoms with Gasteiger partial charge in [0.25, 0.3) is 0 Å². The largest absolute Gasteiger partial charge is 0.339 e. The molecule has 0 fully saturated rings. The van der Waals surface area contributed by atoms with Crippen LogP contribution in [-0.2, 0) is 0 Å². The fraction of sp³-hybridized carbons (Fsp3) is 1.00. The van der Waals surface area contributed by atoms with Crippen molar-refractivity contribution in [1.82, 2.24) is 0 Å². The third-order valence-electron chi connectivity index (χ3n) is 2.66. The minimum Gasteiger partial charge on any atom is -0.339 e. The third kappa shape index (κ3) is 5.14. The topological polar surface area (TPSA) is 64.3 Å². The van der Waals surface area contributed by atoms with Crippen LogP contribution in [0.5, 0.6) is 0 Å². The molecule has 0 aliphatic heterocycles. The highest BCUT2D eigenvalue weighted by Crippen LogP contribution is 2.53. The van der Waals surface area contributed by atoms with E-state index in [0.717, 1.165) is 19.3 Å². The van der Waals surface area contributed by atoms with Crippen molar-refractivity contribution in [2.24, 2.45) is 5.92 Å². The molecule has 0 unspecified atom stereocenters. The molecule has 0 radical (unpaired) electrons. The van der Waals surface area contributed by atoms with E-state index in [-0.39, 0.29) is 0 Å². The molecule has 0 spiro atoms. The summed E-state index contributed by atoms with van der Waals surface area (Å²) >= 11 is 0. The van der Waals surface area contributed by atoms with Gasteiger partial charge in [0.15, 0.2) is 0 Å². The van der Waals surface area contributed by atoms with Crippen LogP contribution >= 0.6 is 7.51 Å². The molecule has 4 heteroatoms. The molecule has 0 heterocycles. The first-order valence-corrected chi connectivity index (χ1v) is 6.96. The second kappa shape index (κ2) is 5.29. The van der Waals surface area contributed by atoms with Gasteiger partial charge in [0.1, 0.15) is 0 Å². The van der Waals surface area contributed by atoms with Gasteiger partial charge in [0.05, 0.1) is 0 Å². The van der Waals surface area contributed by atoms with Gasteiger partial charge in [-0.3, -0.25) is 5.16 Å². The molecule has 0 saturated carbocycles. The van der Waals surface area contributed by atoms with E-state index in [1.165, 1.54) is 6.42 Å². The van der Waals surface area contributed by atoms with Crippen molar-refractivity contribution in [2.45, 2.75) is 58.5 Å². The van der Waals surface area contributed by atoms with Gasteiger partial charge < -0.3 is 9.79 Å². The molecule has 0 amide bonds. The summed E-state index contributed by atoms with van der Waals surface area (Å²) in [5.74, 6) is 0.705. The number of rotatable bonds is 6. The van der Waals surface area contributed by atoms with Crippen molar-refractivity contribution >= 4 is 7.51 Å². The van der Waals surface area contributed by atoms with Crippen LogP contribution < -0.4 is 0 Å². The fourth-order valence-corrected chi connectivity index (χ4v) is 1.74. The summed E-state index contributed by atoms with van der Waals surface area (Å²) < 4.78 is 0. The van der Waals surface area contributed by atoms with E-state index in [2.05, 4.69) is 13.8 Å². The lowest BCUT2D eigenvalue weighted by atomic mass is 10.0. The fourth-order valence-electron chi connectivity index (χ4n) is 1.27. The zero-order chi connectivity index (χ0) is 11.4. The smallest absolute Gasteiger partial charge is 0.210 e. The highest BCUT2D eigenvalue weighted by atomic mass is 31.2. The van der Waals surface area contributed by atoms with Crippen LogP contribution in [0.15, 0.2) is 0 Å². The van der Waals surface area contributed by atoms with Crippen LogP contribution in [-0.4, -0.2) is 14.9 Å². The summed E-state index contributed by atoms with van der Waals surface area (Å²) in [5, 5.41) is 6.64. The second-order valence-corrected chi connectivity index (χ2v) is 7.47. The van der Waals surface area contributed by atoms with Gasteiger partial charge in [-0.2, -0.15) is 0 Å². The zero-order valence-electron chi connectivity index (χ0n) is 9.75. The van der Waals surface area contributed by atoms with Crippen molar-refractivity contribution in [3.05, 3.63) is 0 Å². The number of unbranched alkanes of at least 4 members (excludes halogenated alkanes) is 1. The maximum Gasteiger partial charge on any atom is 0.210 e. The maximum atomic E-state index is 9.29. The maximum absolute atomic E-state index is 9.29. The van der Waals surface area contributed by atoms with Crippen molar-refractivity contribution in [3.63, 3.8) is 0 Å². The molecule has 0 aromatic rings. The molecule has 86 valence electrons. The summed E-state index contributed by atoms with van der Waals surface area (Å²) in [5.41, 5.74) is 0. The van der Waals surface area contributed by atoms with Crippen molar-refractivity contribution in [2.75, 3.05) is 0 Å². The van der Waals surface area contributed by atoms with Crippen LogP contribution in [0, 0.1) is 11.1 Å². The SMILES string of the molecule is CC(C)CCCCC(C)(C)P(=N)(O)O. The van der Waals surface area contributed by atoms with Gasteiger partial charge in [-0.1, -0.05) is 47.0 Å². The van der Waals surface area contributed by atoms with Crippen LogP contribution in [0.2, 0.25) is 0 Å². The van der Waals surface area contributed by atoms with E-state index in [1.807, 2.05) is 0 Å². The summed E-state index contributed by atoms with van der Waals surface area (Å²) in [4.78, 5) is 18.6. The van der Waals surface area contributed by atoms with Gasteiger partial charge in [-0.25, -0.2) is 0 Å².